The summed E-state index contributed by atoms with van der Waals surface area (Å²) >= 11 is 0. The van der Waals surface area contributed by atoms with Gasteiger partial charge >= 0.3 is 0 Å². The number of carbonyl (C=O) groups excluding carboxylic acids is 1. The summed E-state index contributed by atoms with van der Waals surface area (Å²) in [6.07, 6.45) is -7.20. The summed E-state index contributed by atoms with van der Waals surface area (Å²) in [5, 5.41) is 72.0. The van der Waals surface area contributed by atoms with E-state index in [1.54, 1.807) is 39.8 Å². The van der Waals surface area contributed by atoms with Crippen molar-refractivity contribution >= 4 is 5.78 Å². The Balaban J connectivity index is 1.64. The van der Waals surface area contributed by atoms with Crippen molar-refractivity contribution in [3.63, 3.8) is 0 Å². The van der Waals surface area contributed by atoms with Crippen LogP contribution < -0.4 is 0 Å². The first kappa shape index (κ1) is 29.3. The monoisotopic (exact) mass is 516 g/mol. The summed E-state index contributed by atoms with van der Waals surface area (Å²) in [5.41, 5.74) is -1.65. The van der Waals surface area contributed by atoms with Crippen molar-refractivity contribution in [1.82, 2.24) is 0 Å². The summed E-state index contributed by atoms with van der Waals surface area (Å²) < 4.78 is 17.0. The topological polar surface area (TPSA) is 186 Å². The fraction of sp³-hybridized carbons (Fsp3) is 0.800. The fourth-order valence-electron chi connectivity index (χ4n) is 5.09. The van der Waals surface area contributed by atoms with Crippen molar-refractivity contribution in [3.05, 3.63) is 23.8 Å². The molecular weight excluding hydrogens is 476 g/mol. The van der Waals surface area contributed by atoms with Gasteiger partial charge in [-0.1, -0.05) is 19.9 Å². The van der Waals surface area contributed by atoms with Gasteiger partial charge in [0.25, 0.3) is 0 Å². The largest absolute Gasteiger partial charge is 0.390 e. The molecule has 1 saturated carbocycles. The normalized spacial score (nSPS) is 44.5. The van der Waals surface area contributed by atoms with Gasteiger partial charge in [-0.05, 0) is 44.4 Å². The molecule has 11 heteroatoms. The lowest BCUT2D eigenvalue weighted by Gasteiger charge is -2.44. The third-order valence-corrected chi connectivity index (χ3v) is 7.60. The molecule has 0 amide bonds. The molecule has 3 aliphatic rings. The first-order chi connectivity index (χ1) is 16.7. The summed E-state index contributed by atoms with van der Waals surface area (Å²) in [7, 11) is 0. The van der Waals surface area contributed by atoms with Crippen LogP contribution in [0.1, 0.15) is 47.0 Å². The number of aliphatic hydroxyl groups excluding tert-OH is 6. The molecule has 2 fully saturated rings. The number of hydrogen-bond donors (Lipinski definition) is 7. The van der Waals surface area contributed by atoms with Gasteiger partial charge in [-0.2, -0.15) is 0 Å². The van der Waals surface area contributed by atoms with Crippen LogP contribution in [-0.2, 0) is 19.0 Å². The van der Waals surface area contributed by atoms with Gasteiger partial charge in [-0.3, -0.25) is 4.79 Å². The number of ether oxygens (including phenoxy) is 3. The summed E-state index contributed by atoms with van der Waals surface area (Å²) in [5.74, 6) is -0.0640. The zero-order valence-corrected chi connectivity index (χ0v) is 21.1. The van der Waals surface area contributed by atoms with Crippen molar-refractivity contribution in [2.75, 3.05) is 6.61 Å². The summed E-state index contributed by atoms with van der Waals surface area (Å²) in [6, 6.07) is 0. The Hall–Kier alpha value is -1.25. The lowest BCUT2D eigenvalue weighted by molar-refractivity contribution is -0.311. The molecule has 0 radical (unpaired) electrons. The second-order valence-electron chi connectivity index (χ2n) is 10.8. The van der Waals surface area contributed by atoms with Crippen LogP contribution in [0.15, 0.2) is 23.8 Å². The molecule has 11 atom stereocenters. The molecule has 7 N–H and O–H groups in total. The molecular formula is C25H40O11. The van der Waals surface area contributed by atoms with E-state index in [0.29, 0.717) is 5.57 Å². The van der Waals surface area contributed by atoms with E-state index in [2.05, 4.69) is 0 Å². The van der Waals surface area contributed by atoms with Gasteiger partial charge in [0, 0.05) is 11.8 Å². The summed E-state index contributed by atoms with van der Waals surface area (Å²) in [6.45, 7) is 6.62. The van der Waals surface area contributed by atoms with Crippen LogP contribution in [0.2, 0.25) is 0 Å². The van der Waals surface area contributed by atoms with E-state index in [-0.39, 0.29) is 31.7 Å². The molecule has 0 aromatic heterocycles. The maximum Gasteiger partial charge on any atom is 0.187 e. The number of ketones is 1. The number of hydrogen-bond acceptors (Lipinski definition) is 11. The highest BCUT2D eigenvalue weighted by Gasteiger charge is 2.48. The standard InChI is InChI=1S/C25H40O11/c1-12-9-14(26)10-24(3,4)25(12,33)8-7-13(2)35-23-22(32)21(31)20(30)17(36-23)11-34-16-6-5-15(27)18(28)19(16)29/h7-9,13,15-23,27-33H,5-6,10-11H2,1-4H3/b8-7+/t13-,15+,16-,17-,18+,19+,20-,21+,22-,23-,25-/m1/s1. The quantitative estimate of drug-likeness (QED) is 0.199. The number of allylic oxidation sites excluding steroid dienone is 1. The number of aliphatic hydroxyl groups is 7. The third-order valence-electron chi connectivity index (χ3n) is 7.60. The average molecular weight is 517 g/mol. The number of carbonyl (C=O) groups is 1. The lowest BCUT2D eigenvalue weighted by atomic mass is 9.64. The molecule has 0 bridgehead atoms. The molecule has 0 unspecified atom stereocenters. The van der Waals surface area contributed by atoms with Crippen molar-refractivity contribution in [1.29, 1.82) is 0 Å². The van der Waals surface area contributed by atoms with Crippen LogP contribution in [0, 0.1) is 5.41 Å². The molecule has 2 aliphatic carbocycles. The molecule has 0 spiro atoms. The first-order valence-corrected chi connectivity index (χ1v) is 12.3. The highest BCUT2D eigenvalue weighted by molar-refractivity contribution is 5.92. The number of rotatable bonds is 7. The Bertz CT molecular complexity index is 842. The lowest BCUT2D eigenvalue weighted by Crippen LogP contribution is -2.60. The van der Waals surface area contributed by atoms with E-state index in [1.807, 2.05) is 0 Å². The predicted octanol–water partition coefficient (Wildman–Crippen LogP) is -1.31. The van der Waals surface area contributed by atoms with Gasteiger partial charge in [0.2, 0.25) is 0 Å². The molecule has 3 rings (SSSR count). The van der Waals surface area contributed by atoms with Gasteiger partial charge in [0.1, 0.15) is 42.2 Å². The highest BCUT2D eigenvalue weighted by Crippen LogP contribution is 2.44. The second-order valence-corrected chi connectivity index (χ2v) is 10.8. The molecule has 36 heavy (non-hydrogen) atoms. The molecule has 0 aromatic carbocycles. The smallest absolute Gasteiger partial charge is 0.187 e. The third kappa shape index (κ3) is 5.91. The Morgan fingerprint density at radius 3 is 2.36 bits per heavy atom. The van der Waals surface area contributed by atoms with Crippen LogP contribution in [0.25, 0.3) is 0 Å². The van der Waals surface area contributed by atoms with E-state index >= 15 is 0 Å². The Labute approximate surface area is 210 Å². The zero-order valence-electron chi connectivity index (χ0n) is 21.1. The maximum absolute atomic E-state index is 11.9. The molecule has 1 heterocycles. The molecule has 1 aliphatic heterocycles. The Morgan fingerprint density at radius 2 is 1.72 bits per heavy atom. The minimum absolute atomic E-state index is 0.0640. The van der Waals surface area contributed by atoms with E-state index < -0.39 is 72.2 Å². The van der Waals surface area contributed by atoms with Gasteiger partial charge < -0.3 is 50.0 Å². The first-order valence-electron chi connectivity index (χ1n) is 12.3. The van der Waals surface area contributed by atoms with Gasteiger partial charge in [0.15, 0.2) is 12.1 Å². The SMILES string of the molecule is CC1=CC(=O)CC(C)(C)[C@@]1(O)/C=C/[C@@H](C)O[C@@H]1O[C@H](CO[C@@H]2CC[C@H](O)[C@H](O)[C@H]2O)[C@@H](O)[C@H](O)[C@H]1O. The van der Waals surface area contributed by atoms with E-state index in [1.165, 1.54) is 6.08 Å². The van der Waals surface area contributed by atoms with E-state index in [4.69, 9.17) is 14.2 Å². The Morgan fingerprint density at radius 1 is 1.06 bits per heavy atom. The second kappa shape index (κ2) is 11.2. The van der Waals surface area contributed by atoms with Crippen LogP contribution in [0.3, 0.4) is 0 Å². The van der Waals surface area contributed by atoms with E-state index in [0.717, 1.165) is 0 Å². The van der Waals surface area contributed by atoms with Crippen molar-refractivity contribution in [3.8, 4) is 0 Å². The highest BCUT2D eigenvalue weighted by atomic mass is 16.7. The van der Waals surface area contributed by atoms with Crippen LogP contribution >= 0.6 is 0 Å². The molecule has 0 aromatic rings. The molecule has 1 saturated heterocycles. The minimum atomic E-state index is -1.60. The van der Waals surface area contributed by atoms with Gasteiger partial charge in [0.05, 0.1) is 24.9 Å². The van der Waals surface area contributed by atoms with Crippen LogP contribution in [0.5, 0.6) is 0 Å². The molecule has 11 nitrogen and oxygen atoms in total. The van der Waals surface area contributed by atoms with E-state index in [9.17, 15) is 40.5 Å². The zero-order chi connectivity index (χ0) is 27.0. The average Bonchev–Trinajstić information content (AvgIpc) is 2.80. The van der Waals surface area contributed by atoms with Crippen LogP contribution in [0.4, 0.5) is 0 Å². The fourth-order valence-corrected chi connectivity index (χ4v) is 5.09. The minimum Gasteiger partial charge on any atom is -0.390 e. The van der Waals surface area contributed by atoms with Crippen LogP contribution in [-0.4, -0.2) is 115 Å². The van der Waals surface area contributed by atoms with Crippen molar-refractivity contribution < 1.29 is 54.8 Å². The molecule has 206 valence electrons. The Kier molecular flexibility index (Phi) is 9.15. The van der Waals surface area contributed by atoms with Gasteiger partial charge in [-0.15, -0.1) is 0 Å². The van der Waals surface area contributed by atoms with Crippen molar-refractivity contribution in [2.24, 2.45) is 5.41 Å². The maximum atomic E-state index is 11.9. The van der Waals surface area contributed by atoms with Crippen molar-refractivity contribution in [2.45, 2.75) is 114 Å². The van der Waals surface area contributed by atoms with Gasteiger partial charge in [-0.25, -0.2) is 0 Å². The summed E-state index contributed by atoms with van der Waals surface area (Å²) in [4.78, 5) is 11.9. The predicted molar refractivity (Wildman–Crippen MR) is 125 cm³/mol.